The molecular weight excluding hydrogens is 555 g/mol. The van der Waals surface area contributed by atoms with E-state index >= 15 is 0 Å². The number of carbonyl (C=O) groups excluding carboxylic acids is 3. The molecule has 4 atom stereocenters. The molecule has 1 aromatic carbocycles. The number of halogens is 1. The summed E-state index contributed by atoms with van der Waals surface area (Å²) >= 11 is 2.13. The molecule has 0 aromatic heterocycles. The van der Waals surface area contributed by atoms with Gasteiger partial charge in [-0.05, 0) is 79.1 Å². The highest BCUT2D eigenvalue weighted by Crippen LogP contribution is 2.53. The average Bonchev–Trinajstić information content (AvgIpc) is 2.74. The van der Waals surface area contributed by atoms with Crippen molar-refractivity contribution in [3.63, 3.8) is 0 Å². The van der Waals surface area contributed by atoms with Gasteiger partial charge in [-0.15, -0.1) is 0 Å². The second-order valence-corrected chi connectivity index (χ2v) is 10.6. The number of amides is 1. The monoisotopic (exact) mass is 582 g/mol. The van der Waals surface area contributed by atoms with E-state index < -0.39 is 58.0 Å². The quantitative estimate of drug-likeness (QED) is 0.264. The molecule has 0 spiro atoms. The first kappa shape index (κ1) is 24.7. The van der Waals surface area contributed by atoms with Crippen molar-refractivity contribution in [1.82, 2.24) is 4.90 Å². The van der Waals surface area contributed by atoms with Crippen LogP contribution in [0.25, 0.3) is 5.76 Å². The van der Waals surface area contributed by atoms with Crippen molar-refractivity contribution in [3.05, 3.63) is 43.2 Å². The number of rotatable bonds is 4. The van der Waals surface area contributed by atoms with Gasteiger partial charge >= 0.3 is 0 Å². The van der Waals surface area contributed by atoms with Gasteiger partial charge in [-0.3, -0.25) is 19.3 Å². The first-order valence-corrected chi connectivity index (χ1v) is 12.1. The van der Waals surface area contributed by atoms with E-state index in [2.05, 4.69) is 22.6 Å². The lowest BCUT2D eigenvalue weighted by Gasteiger charge is -2.50. The smallest absolute Gasteiger partial charge is 0.255 e. The number of primary amides is 1. The highest BCUT2D eigenvalue weighted by Gasteiger charge is 2.64. The average molecular weight is 582 g/mol. The van der Waals surface area contributed by atoms with Crippen LogP contribution in [0.2, 0.25) is 0 Å². The van der Waals surface area contributed by atoms with Crippen molar-refractivity contribution in [2.45, 2.75) is 44.2 Å². The molecule has 0 bridgehead atoms. The lowest BCUT2D eigenvalue weighted by molar-refractivity contribution is -0.153. The Morgan fingerprint density at radius 3 is 2.47 bits per heavy atom. The Morgan fingerprint density at radius 1 is 1.26 bits per heavy atom. The molecule has 10 heteroatoms. The molecule has 0 aliphatic heterocycles. The van der Waals surface area contributed by atoms with E-state index in [-0.39, 0.29) is 23.3 Å². The zero-order valence-corrected chi connectivity index (χ0v) is 21.2. The fourth-order valence-corrected chi connectivity index (χ4v) is 6.64. The SMILES string of the molecule is CCCc1cc(I)c2c(c1O)C(O)=C1C(=O)C3(O)C(O)=C(C(N)=O)C(=O)C(N(C)C)C3CC1C2. The third-order valence-corrected chi connectivity index (χ3v) is 8.23. The molecule has 182 valence electrons. The minimum Gasteiger partial charge on any atom is -0.508 e. The number of phenolic OH excluding ortho intramolecular Hbond substituents is 1. The topological polar surface area (TPSA) is 161 Å². The van der Waals surface area contributed by atoms with Crippen LogP contribution in [0.4, 0.5) is 0 Å². The number of carbonyl (C=O) groups is 3. The van der Waals surface area contributed by atoms with Crippen molar-refractivity contribution in [2.75, 3.05) is 14.1 Å². The number of hydrogen-bond donors (Lipinski definition) is 5. The van der Waals surface area contributed by atoms with Crippen molar-refractivity contribution >= 4 is 45.8 Å². The van der Waals surface area contributed by atoms with Gasteiger partial charge in [0.15, 0.2) is 11.4 Å². The van der Waals surface area contributed by atoms with E-state index in [0.29, 0.717) is 24.0 Å². The van der Waals surface area contributed by atoms with E-state index in [4.69, 9.17) is 5.73 Å². The van der Waals surface area contributed by atoms with Gasteiger partial charge in [-0.1, -0.05) is 13.3 Å². The number of aliphatic hydroxyl groups excluding tert-OH is 2. The van der Waals surface area contributed by atoms with Gasteiger partial charge in [0.1, 0.15) is 22.8 Å². The standard InChI is InChI=1S/C24H27IN2O7/c1-4-5-9-8-13(25)11-6-10-7-12-17(27(2)3)20(30)16(23(26)33)22(32)24(12,34)21(31)14(10)19(29)15(11)18(9)28/h8,10,12,17,28-29,32,34H,4-7H2,1-3H3,(H2,26,33). The molecule has 9 nitrogen and oxygen atoms in total. The zero-order valence-electron chi connectivity index (χ0n) is 19.1. The molecule has 1 saturated carbocycles. The Labute approximate surface area is 210 Å². The number of benzene rings is 1. The fourth-order valence-electron chi connectivity index (χ4n) is 5.78. The van der Waals surface area contributed by atoms with Gasteiger partial charge in [0.05, 0.1) is 11.6 Å². The number of hydrogen-bond acceptors (Lipinski definition) is 8. The molecule has 0 saturated heterocycles. The zero-order chi connectivity index (χ0) is 25.3. The maximum absolute atomic E-state index is 13.8. The normalized spacial score (nSPS) is 28.7. The Hall–Kier alpha value is -2.44. The van der Waals surface area contributed by atoms with Crippen LogP contribution in [0.1, 0.15) is 36.5 Å². The second kappa shape index (κ2) is 8.35. The number of fused-ring (bicyclic) bond motifs is 3. The van der Waals surface area contributed by atoms with Crippen molar-refractivity contribution in [2.24, 2.45) is 17.6 Å². The van der Waals surface area contributed by atoms with Crippen molar-refractivity contribution < 1.29 is 34.8 Å². The first-order valence-electron chi connectivity index (χ1n) is 11.1. The van der Waals surface area contributed by atoms with Gasteiger partial charge in [0.2, 0.25) is 5.78 Å². The molecule has 1 amide bonds. The van der Waals surface area contributed by atoms with Crippen LogP contribution in [0.3, 0.4) is 0 Å². The molecule has 3 aliphatic rings. The summed E-state index contributed by atoms with van der Waals surface area (Å²) in [7, 11) is 3.15. The third kappa shape index (κ3) is 3.22. The van der Waals surface area contributed by atoms with Crippen molar-refractivity contribution in [3.8, 4) is 5.75 Å². The summed E-state index contributed by atoms with van der Waals surface area (Å²) in [5.74, 6) is -6.30. The predicted octanol–water partition coefficient (Wildman–Crippen LogP) is 1.52. The maximum Gasteiger partial charge on any atom is 0.255 e. The van der Waals surface area contributed by atoms with Gasteiger partial charge in [-0.25, -0.2) is 0 Å². The van der Waals surface area contributed by atoms with Gasteiger partial charge < -0.3 is 26.2 Å². The summed E-state index contributed by atoms with van der Waals surface area (Å²) in [6, 6.07) is 0.773. The molecule has 4 unspecified atom stereocenters. The van der Waals surface area contributed by atoms with E-state index in [1.165, 1.54) is 4.90 Å². The van der Waals surface area contributed by atoms with Gasteiger partial charge in [0.25, 0.3) is 5.91 Å². The first-order chi connectivity index (χ1) is 15.9. The van der Waals surface area contributed by atoms with Crippen LogP contribution >= 0.6 is 22.6 Å². The molecule has 34 heavy (non-hydrogen) atoms. The summed E-state index contributed by atoms with van der Waals surface area (Å²) in [4.78, 5) is 40.3. The van der Waals surface area contributed by atoms with Crippen LogP contribution in [0.15, 0.2) is 23.0 Å². The van der Waals surface area contributed by atoms with Gasteiger partial charge in [-0.2, -0.15) is 0 Å². The predicted molar refractivity (Wildman–Crippen MR) is 131 cm³/mol. The third-order valence-electron chi connectivity index (χ3n) is 7.26. The molecule has 0 heterocycles. The highest BCUT2D eigenvalue weighted by atomic mass is 127. The van der Waals surface area contributed by atoms with E-state index in [1.807, 2.05) is 13.0 Å². The molecule has 3 aliphatic carbocycles. The molecule has 4 rings (SSSR count). The number of Topliss-reactive ketones (excluding diaryl/α,β-unsaturated/α-hetero) is 2. The molecule has 0 radical (unpaired) electrons. The van der Waals surface area contributed by atoms with E-state index in [0.717, 1.165) is 9.99 Å². The lowest BCUT2D eigenvalue weighted by Crippen LogP contribution is -2.65. The number of aryl methyl sites for hydroxylation is 1. The number of aliphatic hydroxyl groups is 3. The minimum atomic E-state index is -2.62. The summed E-state index contributed by atoms with van der Waals surface area (Å²) in [6.07, 6.45) is 1.71. The van der Waals surface area contributed by atoms with Gasteiger partial charge in [0, 0.05) is 15.1 Å². The van der Waals surface area contributed by atoms with E-state index in [9.17, 15) is 34.8 Å². The van der Waals surface area contributed by atoms with Crippen LogP contribution in [0, 0.1) is 15.4 Å². The largest absolute Gasteiger partial charge is 0.508 e. The summed E-state index contributed by atoms with van der Waals surface area (Å²) in [5, 5.41) is 44.6. The highest BCUT2D eigenvalue weighted by molar-refractivity contribution is 14.1. The Kier molecular flexibility index (Phi) is 6.06. The van der Waals surface area contributed by atoms with Crippen LogP contribution in [-0.4, -0.2) is 68.5 Å². The second-order valence-electron chi connectivity index (χ2n) is 9.43. The van der Waals surface area contributed by atoms with E-state index in [1.54, 1.807) is 14.1 Å². The molecule has 6 N–H and O–H groups in total. The number of aromatic hydroxyl groups is 1. The molecule has 1 aromatic rings. The Morgan fingerprint density at radius 2 is 1.91 bits per heavy atom. The molecule has 1 fully saturated rings. The summed E-state index contributed by atoms with van der Waals surface area (Å²) in [6.45, 7) is 1.96. The summed E-state index contributed by atoms with van der Waals surface area (Å²) < 4.78 is 0.829. The van der Waals surface area contributed by atoms with Crippen LogP contribution < -0.4 is 5.73 Å². The van der Waals surface area contributed by atoms with Crippen LogP contribution in [-0.2, 0) is 27.2 Å². The fraction of sp³-hybridized carbons (Fsp3) is 0.458. The Balaban J connectivity index is 1.98. The Bertz CT molecular complexity index is 1200. The maximum atomic E-state index is 13.8. The number of nitrogens with two attached hydrogens (primary N) is 1. The molecular formula is C24H27IN2O7. The van der Waals surface area contributed by atoms with Crippen LogP contribution in [0.5, 0.6) is 5.75 Å². The summed E-state index contributed by atoms with van der Waals surface area (Å²) in [5.41, 5.74) is 3.22. The number of nitrogens with zero attached hydrogens (tertiary/aromatic N) is 1. The number of phenols is 1. The number of likely N-dealkylation sites (N-methyl/N-ethyl adjacent to an activating group) is 1. The lowest BCUT2D eigenvalue weighted by atomic mass is 9.57. The number of ketones is 2. The minimum absolute atomic E-state index is 0.0827. The van der Waals surface area contributed by atoms with Crippen molar-refractivity contribution in [1.29, 1.82) is 0 Å².